The minimum Gasteiger partial charge on any atom is -0.322 e. The summed E-state index contributed by atoms with van der Waals surface area (Å²) >= 11 is 1.59. The Morgan fingerprint density at radius 2 is 2.25 bits per heavy atom. The van der Waals surface area contributed by atoms with Crippen LogP contribution in [0, 0.1) is 0 Å². The van der Waals surface area contributed by atoms with Gasteiger partial charge in [-0.25, -0.2) is 9.78 Å². The maximum Gasteiger partial charge on any atom is 0.323 e. The van der Waals surface area contributed by atoms with Crippen molar-refractivity contribution >= 4 is 22.5 Å². The standard InChI is InChI=1S/C17H25N5OS/c1-5-13-14(17(2,3)4)24-15(19-13)20-16(23)21-10-7-12(11-21)22-9-6-8-18-22/h6,8-9,12H,5,7,10-11H2,1-4H3,(H,19,20,23). The SMILES string of the molecule is CCc1nc(NC(=O)N2CCC(n3cccn3)C2)sc1C(C)(C)C. The van der Waals surface area contributed by atoms with Crippen LogP contribution in [0.4, 0.5) is 9.93 Å². The van der Waals surface area contributed by atoms with Crippen LogP contribution in [0.25, 0.3) is 0 Å². The van der Waals surface area contributed by atoms with E-state index in [2.05, 4.69) is 43.1 Å². The van der Waals surface area contributed by atoms with Crippen molar-refractivity contribution in [1.29, 1.82) is 0 Å². The summed E-state index contributed by atoms with van der Waals surface area (Å²) in [4.78, 5) is 20.2. The molecule has 0 radical (unpaired) electrons. The number of urea groups is 1. The molecule has 2 amide bonds. The number of hydrogen-bond acceptors (Lipinski definition) is 4. The van der Waals surface area contributed by atoms with E-state index in [-0.39, 0.29) is 17.5 Å². The van der Waals surface area contributed by atoms with E-state index in [4.69, 9.17) is 0 Å². The molecule has 1 aliphatic rings. The molecule has 1 aliphatic heterocycles. The number of aromatic nitrogens is 3. The Bertz CT molecular complexity index is 701. The predicted molar refractivity (Wildman–Crippen MR) is 96.7 cm³/mol. The second-order valence-corrected chi connectivity index (χ2v) is 8.20. The number of rotatable bonds is 3. The molecule has 1 atom stereocenters. The van der Waals surface area contributed by atoms with Gasteiger partial charge in [-0.1, -0.05) is 27.7 Å². The predicted octanol–water partition coefficient (Wildman–Crippen LogP) is 3.68. The Labute approximate surface area is 146 Å². The summed E-state index contributed by atoms with van der Waals surface area (Å²) in [6.45, 7) is 10.1. The molecule has 0 aliphatic carbocycles. The highest BCUT2D eigenvalue weighted by atomic mass is 32.1. The van der Waals surface area contributed by atoms with E-state index in [1.165, 1.54) is 4.88 Å². The Kier molecular flexibility index (Phi) is 4.62. The number of nitrogens with zero attached hydrogens (tertiary/aromatic N) is 4. The van der Waals surface area contributed by atoms with Gasteiger partial charge in [-0.2, -0.15) is 5.10 Å². The molecule has 7 heteroatoms. The lowest BCUT2D eigenvalue weighted by Gasteiger charge is -2.17. The van der Waals surface area contributed by atoms with Gasteiger partial charge in [0.1, 0.15) is 0 Å². The van der Waals surface area contributed by atoms with Crippen molar-refractivity contribution in [2.45, 2.75) is 52.0 Å². The van der Waals surface area contributed by atoms with Gasteiger partial charge in [0.15, 0.2) is 5.13 Å². The van der Waals surface area contributed by atoms with Gasteiger partial charge < -0.3 is 4.90 Å². The molecule has 0 bridgehead atoms. The summed E-state index contributed by atoms with van der Waals surface area (Å²) < 4.78 is 1.93. The maximum absolute atomic E-state index is 12.5. The van der Waals surface area contributed by atoms with Crippen molar-refractivity contribution in [2.24, 2.45) is 0 Å². The quantitative estimate of drug-likeness (QED) is 0.921. The van der Waals surface area contributed by atoms with Gasteiger partial charge in [0.05, 0.1) is 11.7 Å². The van der Waals surface area contributed by atoms with Crippen LogP contribution in [0.2, 0.25) is 0 Å². The summed E-state index contributed by atoms with van der Waals surface area (Å²) in [5, 5.41) is 7.96. The molecule has 1 saturated heterocycles. The second kappa shape index (κ2) is 6.55. The van der Waals surface area contributed by atoms with E-state index in [1.807, 2.05) is 21.8 Å². The van der Waals surface area contributed by atoms with Crippen LogP contribution in [-0.4, -0.2) is 38.8 Å². The zero-order valence-electron chi connectivity index (χ0n) is 14.7. The highest BCUT2D eigenvalue weighted by molar-refractivity contribution is 7.16. The number of nitrogens with one attached hydrogen (secondary N) is 1. The summed E-state index contributed by atoms with van der Waals surface area (Å²) in [5.41, 5.74) is 1.13. The zero-order chi connectivity index (χ0) is 17.3. The Balaban J connectivity index is 1.66. The molecule has 3 rings (SSSR count). The summed E-state index contributed by atoms with van der Waals surface area (Å²) in [5.74, 6) is 0. The van der Waals surface area contributed by atoms with Crippen LogP contribution in [0.3, 0.4) is 0 Å². The monoisotopic (exact) mass is 347 g/mol. The normalized spacial score (nSPS) is 18.2. The van der Waals surface area contributed by atoms with Crippen LogP contribution < -0.4 is 5.32 Å². The third kappa shape index (κ3) is 3.45. The third-order valence-corrected chi connectivity index (χ3v) is 5.72. The van der Waals surface area contributed by atoms with Crippen molar-refractivity contribution in [2.75, 3.05) is 18.4 Å². The van der Waals surface area contributed by atoms with Gasteiger partial charge in [-0.15, -0.1) is 11.3 Å². The van der Waals surface area contributed by atoms with E-state index in [1.54, 1.807) is 17.5 Å². The third-order valence-electron chi connectivity index (χ3n) is 4.28. The van der Waals surface area contributed by atoms with Gasteiger partial charge in [-0.05, 0) is 24.3 Å². The van der Waals surface area contributed by atoms with E-state index >= 15 is 0 Å². The smallest absolute Gasteiger partial charge is 0.322 e. The first kappa shape index (κ1) is 17.0. The lowest BCUT2D eigenvalue weighted by molar-refractivity contribution is 0.220. The fourth-order valence-electron chi connectivity index (χ4n) is 3.04. The summed E-state index contributed by atoms with van der Waals surface area (Å²) in [6, 6.07) is 2.11. The first-order valence-corrected chi connectivity index (χ1v) is 9.25. The number of anilines is 1. The number of hydrogen-bond donors (Lipinski definition) is 1. The number of carbonyl (C=O) groups is 1. The molecule has 1 N–H and O–H groups in total. The summed E-state index contributed by atoms with van der Waals surface area (Å²) in [6.07, 6.45) is 5.54. The van der Waals surface area contributed by atoms with Crippen LogP contribution in [-0.2, 0) is 11.8 Å². The molecular weight excluding hydrogens is 322 g/mol. The van der Waals surface area contributed by atoms with Gasteiger partial charge in [0.25, 0.3) is 0 Å². The molecular formula is C17H25N5OS. The largest absolute Gasteiger partial charge is 0.323 e. The molecule has 1 unspecified atom stereocenters. The number of aryl methyl sites for hydroxylation is 1. The van der Waals surface area contributed by atoms with E-state index in [9.17, 15) is 4.79 Å². The highest BCUT2D eigenvalue weighted by Gasteiger charge is 2.29. The summed E-state index contributed by atoms with van der Waals surface area (Å²) in [7, 11) is 0. The molecule has 2 aromatic rings. The zero-order valence-corrected chi connectivity index (χ0v) is 15.6. The fraction of sp³-hybridized carbons (Fsp3) is 0.588. The van der Waals surface area contributed by atoms with Gasteiger partial charge >= 0.3 is 6.03 Å². The minimum absolute atomic E-state index is 0.0464. The molecule has 1 fully saturated rings. The molecule has 3 heterocycles. The van der Waals surface area contributed by atoms with Crippen molar-refractivity contribution in [1.82, 2.24) is 19.7 Å². The maximum atomic E-state index is 12.5. The van der Waals surface area contributed by atoms with Crippen molar-refractivity contribution < 1.29 is 4.79 Å². The average molecular weight is 347 g/mol. The topological polar surface area (TPSA) is 63.1 Å². The van der Waals surface area contributed by atoms with Crippen LogP contribution in [0.1, 0.15) is 50.7 Å². The van der Waals surface area contributed by atoms with Crippen LogP contribution in [0.15, 0.2) is 18.5 Å². The van der Waals surface area contributed by atoms with Crippen molar-refractivity contribution in [3.63, 3.8) is 0 Å². The highest BCUT2D eigenvalue weighted by Crippen LogP contribution is 2.34. The molecule has 6 nitrogen and oxygen atoms in total. The number of carbonyl (C=O) groups excluding carboxylic acids is 1. The molecule has 0 aromatic carbocycles. The van der Waals surface area contributed by atoms with Gasteiger partial charge in [-0.3, -0.25) is 10.00 Å². The molecule has 2 aromatic heterocycles. The van der Waals surface area contributed by atoms with Gasteiger partial charge in [0.2, 0.25) is 0 Å². The molecule has 0 saturated carbocycles. The number of thiazole rings is 1. The van der Waals surface area contributed by atoms with E-state index in [0.29, 0.717) is 11.7 Å². The van der Waals surface area contributed by atoms with Crippen molar-refractivity contribution in [3.8, 4) is 0 Å². The van der Waals surface area contributed by atoms with Crippen LogP contribution >= 0.6 is 11.3 Å². The van der Waals surface area contributed by atoms with Gasteiger partial charge in [0, 0.05) is 30.4 Å². The second-order valence-electron chi connectivity index (χ2n) is 7.20. The number of likely N-dealkylation sites (tertiary alicyclic amines) is 1. The molecule has 24 heavy (non-hydrogen) atoms. The Morgan fingerprint density at radius 1 is 1.46 bits per heavy atom. The fourth-order valence-corrected chi connectivity index (χ4v) is 4.14. The van der Waals surface area contributed by atoms with E-state index in [0.717, 1.165) is 25.1 Å². The molecule has 130 valence electrons. The van der Waals surface area contributed by atoms with Crippen LogP contribution in [0.5, 0.6) is 0 Å². The van der Waals surface area contributed by atoms with E-state index < -0.39 is 0 Å². The average Bonchev–Trinajstić information content (AvgIpc) is 3.25. The van der Waals surface area contributed by atoms with Crippen molar-refractivity contribution in [3.05, 3.63) is 29.0 Å². The lowest BCUT2D eigenvalue weighted by atomic mass is 9.93. The lowest BCUT2D eigenvalue weighted by Crippen LogP contribution is -2.33. The first-order chi connectivity index (χ1) is 11.4. The number of amides is 2. The Hall–Kier alpha value is -1.89. The first-order valence-electron chi connectivity index (χ1n) is 8.43. The minimum atomic E-state index is -0.0680. The Morgan fingerprint density at radius 3 is 2.83 bits per heavy atom. The molecule has 0 spiro atoms.